The molecule has 1 aromatic rings. The highest BCUT2D eigenvalue weighted by atomic mass is 35.5. The Hall–Kier alpha value is -1.66. The third kappa shape index (κ3) is 5.80. The first-order valence-electron chi connectivity index (χ1n) is 7.39. The van der Waals surface area contributed by atoms with Crippen molar-refractivity contribution in [3.8, 4) is 0 Å². The lowest BCUT2D eigenvalue weighted by Crippen LogP contribution is -2.44. The molecule has 0 spiro atoms. The van der Waals surface area contributed by atoms with Crippen LogP contribution < -0.4 is 0 Å². The van der Waals surface area contributed by atoms with Gasteiger partial charge < -0.3 is 10.0 Å². The topological polar surface area (TPSA) is 60.9 Å². The highest BCUT2D eigenvalue weighted by Gasteiger charge is 2.26. The second-order valence-corrected chi connectivity index (χ2v) is 5.79. The van der Waals surface area contributed by atoms with Crippen LogP contribution in [0.1, 0.15) is 18.4 Å². The fourth-order valence-electron chi connectivity index (χ4n) is 2.66. The Kier molecular flexibility index (Phi) is 7.45. The van der Waals surface area contributed by atoms with Gasteiger partial charge in [0.25, 0.3) is 0 Å². The molecule has 0 aromatic heterocycles. The maximum absolute atomic E-state index is 12.9. The minimum Gasteiger partial charge on any atom is -0.481 e. The van der Waals surface area contributed by atoms with Crippen LogP contribution >= 0.6 is 12.4 Å². The Labute approximate surface area is 141 Å². The molecule has 0 aliphatic carbocycles. The van der Waals surface area contributed by atoms with Crippen LogP contribution in [0.3, 0.4) is 0 Å². The maximum atomic E-state index is 12.9. The SMILES string of the molecule is CN(Cc1ccc(F)cc1)C(=O)CN1CCCC(C(=O)O)C1.Cl. The van der Waals surface area contributed by atoms with Crippen LogP contribution in [0.15, 0.2) is 24.3 Å². The Bertz CT molecular complexity index is 539. The summed E-state index contributed by atoms with van der Waals surface area (Å²) in [6.07, 6.45) is 1.47. The monoisotopic (exact) mass is 344 g/mol. The molecule has 1 saturated heterocycles. The van der Waals surface area contributed by atoms with E-state index < -0.39 is 5.97 Å². The van der Waals surface area contributed by atoms with E-state index in [2.05, 4.69) is 0 Å². The molecule has 5 nitrogen and oxygen atoms in total. The molecule has 7 heteroatoms. The maximum Gasteiger partial charge on any atom is 0.307 e. The average Bonchev–Trinajstić information content (AvgIpc) is 2.49. The summed E-state index contributed by atoms with van der Waals surface area (Å²) >= 11 is 0. The number of nitrogens with zero attached hydrogens (tertiary/aromatic N) is 2. The molecule has 0 bridgehead atoms. The van der Waals surface area contributed by atoms with E-state index in [1.807, 2.05) is 4.90 Å². The molecule has 1 amide bonds. The summed E-state index contributed by atoms with van der Waals surface area (Å²) in [5.74, 6) is -1.54. The van der Waals surface area contributed by atoms with E-state index in [4.69, 9.17) is 5.11 Å². The smallest absolute Gasteiger partial charge is 0.307 e. The molecule has 128 valence electrons. The summed E-state index contributed by atoms with van der Waals surface area (Å²) in [5, 5.41) is 9.06. The minimum atomic E-state index is -0.795. The van der Waals surface area contributed by atoms with E-state index in [9.17, 15) is 14.0 Å². The summed E-state index contributed by atoms with van der Waals surface area (Å²) in [6, 6.07) is 6.05. The van der Waals surface area contributed by atoms with Crippen molar-refractivity contribution in [2.24, 2.45) is 5.92 Å². The minimum absolute atomic E-state index is 0. The van der Waals surface area contributed by atoms with Gasteiger partial charge in [0.05, 0.1) is 12.5 Å². The van der Waals surface area contributed by atoms with Gasteiger partial charge in [-0.25, -0.2) is 4.39 Å². The van der Waals surface area contributed by atoms with E-state index in [-0.39, 0.29) is 36.6 Å². The van der Waals surface area contributed by atoms with Crippen LogP contribution in [0.4, 0.5) is 4.39 Å². The van der Waals surface area contributed by atoms with Gasteiger partial charge in [-0.1, -0.05) is 12.1 Å². The predicted molar refractivity (Wildman–Crippen MR) is 86.9 cm³/mol. The molecule has 0 radical (unpaired) electrons. The van der Waals surface area contributed by atoms with Crippen LogP contribution in [0.5, 0.6) is 0 Å². The van der Waals surface area contributed by atoms with Crippen molar-refractivity contribution in [2.45, 2.75) is 19.4 Å². The fourth-order valence-corrected chi connectivity index (χ4v) is 2.66. The van der Waals surface area contributed by atoms with Crippen LogP contribution in [0.25, 0.3) is 0 Å². The third-order valence-electron chi connectivity index (χ3n) is 3.97. The Morgan fingerprint density at radius 3 is 2.61 bits per heavy atom. The van der Waals surface area contributed by atoms with Crippen molar-refractivity contribution in [3.63, 3.8) is 0 Å². The average molecular weight is 345 g/mol. The van der Waals surface area contributed by atoms with Crippen LogP contribution in [-0.4, -0.2) is 53.5 Å². The molecule has 1 heterocycles. The van der Waals surface area contributed by atoms with E-state index in [1.54, 1.807) is 24.1 Å². The zero-order valence-electron chi connectivity index (χ0n) is 13.1. The number of carbonyl (C=O) groups excluding carboxylic acids is 1. The number of hydrogen-bond donors (Lipinski definition) is 1. The van der Waals surface area contributed by atoms with Gasteiger partial charge in [0, 0.05) is 20.1 Å². The Balaban J connectivity index is 0.00000264. The molecule has 1 aromatic carbocycles. The quantitative estimate of drug-likeness (QED) is 0.887. The zero-order chi connectivity index (χ0) is 16.1. The van der Waals surface area contributed by atoms with Crippen molar-refractivity contribution >= 4 is 24.3 Å². The normalized spacial score (nSPS) is 18.1. The van der Waals surface area contributed by atoms with Crippen molar-refractivity contribution in [1.82, 2.24) is 9.80 Å². The number of halogens is 2. The number of rotatable bonds is 5. The third-order valence-corrected chi connectivity index (χ3v) is 3.97. The lowest BCUT2D eigenvalue weighted by atomic mass is 9.98. The number of carboxylic acids is 1. The Morgan fingerprint density at radius 2 is 2.00 bits per heavy atom. The van der Waals surface area contributed by atoms with Crippen molar-refractivity contribution < 1.29 is 19.1 Å². The van der Waals surface area contributed by atoms with Gasteiger partial charge in [-0.3, -0.25) is 14.5 Å². The molecular formula is C16H22ClFN2O3. The zero-order valence-corrected chi connectivity index (χ0v) is 13.9. The molecule has 23 heavy (non-hydrogen) atoms. The Morgan fingerprint density at radius 1 is 1.35 bits per heavy atom. The van der Waals surface area contributed by atoms with E-state index >= 15 is 0 Å². The first-order chi connectivity index (χ1) is 10.5. The summed E-state index contributed by atoms with van der Waals surface area (Å²) < 4.78 is 12.9. The van der Waals surface area contributed by atoms with Crippen molar-refractivity contribution in [3.05, 3.63) is 35.6 Å². The van der Waals surface area contributed by atoms with Crippen molar-refractivity contribution in [1.29, 1.82) is 0 Å². The second kappa shape index (κ2) is 8.84. The lowest BCUT2D eigenvalue weighted by Gasteiger charge is -2.31. The van der Waals surface area contributed by atoms with Crippen LogP contribution in [-0.2, 0) is 16.1 Å². The molecule has 1 aliphatic rings. The molecule has 1 atom stereocenters. The van der Waals surface area contributed by atoms with E-state index in [0.717, 1.165) is 18.5 Å². The number of aliphatic carboxylic acids is 1. The number of piperidine rings is 1. The lowest BCUT2D eigenvalue weighted by molar-refractivity contribution is -0.144. The van der Waals surface area contributed by atoms with Gasteiger partial charge in [-0.15, -0.1) is 12.4 Å². The second-order valence-electron chi connectivity index (χ2n) is 5.79. The summed E-state index contributed by atoms with van der Waals surface area (Å²) in [6.45, 7) is 1.81. The van der Waals surface area contributed by atoms with Gasteiger partial charge in [-0.2, -0.15) is 0 Å². The van der Waals surface area contributed by atoms with E-state index in [1.165, 1.54) is 12.1 Å². The van der Waals surface area contributed by atoms with Gasteiger partial charge in [0.1, 0.15) is 5.82 Å². The molecule has 1 aliphatic heterocycles. The van der Waals surface area contributed by atoms with Gasteiger partial charge in [0.2, 0.25) is 5.91 Å². The predicted octanol–water partition coefficient (Wildman–Crippen LogP) is 2.00. The summed E-state index contributed by atoms with van der Waals surface area (Å²) in [5.41, 5.74) is 0.860. The summed E-state index contributed by atoms with van der Waals surface area (Å²) in [7, 11) is 1.70. The van der Waals surface area contributed by atoms with Gasteiger partial charge in [0.15, 0.2) is 0 Å². The highest BCUT2D eigenvalue weighted by Crippen LogP contribution is 2.16. The largest absolute Gasteiger partial charge is 0.481 e. The molecule has 1 fully saturated rings. The van der Waals surface area contributed by atoms with Crippen LogP contribution in [0, 0.1) is 11.7 Å². The van der Waals surface area contributed by atoms with Gasteiger partial charge in [-0.05, 0) is 37.1 Å². The number of carbonyl (C=O) groups is 2. The van der Waals surface area contributed by atoms with E-state index in [0.29, 0.717) is 19.5 Å². The highest BCUT2D eigenvalue weighted by molar-refractivity contribution is 5.85. The number of hydrogen-bond acceptors (Lipinski definition) is 3. The molecule has 0 saturated carbocycles. The number of amides is 1. The van der Waals surface area contributed by atoms with Crippen LogP contribution in [0.2, 0.25) is 0 Å². The number of benzene rings is 1. The summed E-state index contributed by atoms with van der Waals surface area (Å²) in [4.78, 5) is 26.7. The first-order valence-corrected chi connectivity index (χ1v) is 7.39. The van der Waals surface area contributed by atoms with Gasteiger partial charge >= 0.3 is 5.97 Å². The molecule has 2 rings (SSSR count). The standard InChI is InChI=1S/C16H21FN2O3.ClH/c1-18(9-12-4-6-14(17)7-5-12)15(20)11-19-8-2-3-13(10-19)16(21)22;/h4-7,13H,2-3,8-11H2,1H3,(H,21,22);1H. The number of likely N-dealkylation sites (tertiary alicyclic amines) is 1. The number of likely N-dealkylation sites (N-methyl/N-ethyl adjacent to an activating group) is 1. The molecule has 1 unspecified atom stereocenters. The first kappa shape index (κ1) is 19.4. The molecular weight excluding hydrogens is 323 g/mol. The number of carboxylic acid groups (broad SMARTS) is 1. The molecule has 1 N–H and O–H groups in total. The fraction of sp³-hybridized carbons (Fsp3) is 0.500. The van der Waals surface area contributed by atoms with Crippen molar-refractivity contribution in [2.75, 3.05) is 26.7 Å².